The molecule has 7 nitrogen and oxygen atoms in total. The number of carbonyl (C=O) groups excluding carboxylic acids is 1. The number of nitrogens with one attached hydrogen (secondary N) is 1. The van der Waals surface area contributed by atoms with Gasteiger partial charge in [0.25, 0.3) is 11.6 Å². The van der Waals surface area contributed by atoms with Crippen LogP contribution >= 0.6 is 0 Å². The van der Waals surface area contributed by atoms with Crippen LogP contribution < -0.4 is 16.0 Å². The van der Waals surface area contributed by atoms with Crippen molar-refractivity contribution in [2.24, 2.45) is 11.7 Å². The van der Waals surface area contributed by atoms with E-state index in [9.17, 15) is 14.9 Å². The summed E-state index contributed by atoms with van der Waals surface area (Å²) in [4.78, 5) is 25.7. The first-order chi connectivity index (χ1) is 13.5. The standard InChI is InChI=1S/C21H26N4O3/c1-15-9-11-24(12-10-15)19-8-7-17(13-20(19)25(27)28)21(26)23-14-18(22)16-5-3-2-4-6-16/h2-8,13,15,18H,9-12,14,22H2,1H3,(H,23,26). The van der Waals surface area contributed by atoms with Crippen molar-refractivity contribution in [2.75, 3.05) is 24.5 Å². The van der Waals surface area contributed by atoms with Crippen LogP contribution in [-0.4, -0.2) is 30.5 Å². The molecule has 0 radical (unpaired) electrons. The first-order valence-electron chi connectivity index (χ1n) is 9.58. The van der Waals surface area contributed by atoms with E-state index in [1.807, 2.05) is 35.2 Å². The molecule has 1 fully saturated rings. The molecule has 1 atom stereocenters. The molecule has 0 saturated carbocycles. The summed E-state index contributed by atoms with van der Waals surface area (Å²) in [6.07, 6.45) is 2.02. The number of hydrogen-bond acceptors (Lipinski definition) is 5. The number of nitrogens with zero attached hydrogens (tertiary/aromatic N) is 2. The normalized spacial score (nSPS) is 15.9. The second-order valence-corrected chi connectivity index (χ2v) is 7.36. The zero-order valence-electron chi connectivity index (χ0n) is 16.0. The van der Waals surface area contributed by atoms with Crippen LogP contribution in [0.25, 0.3) is 0 Å². The number of nitro groups is 1. The molecule has 0 bridgehead atoms. The van der Waals surface area contributed by atoms with E-state index < -0.39 is 4.92 Å². The molecule has 7 heteroatoms. The highest BCUT2D eigenvalue weighted by molar-refractivity contribution is 5.95. The van der Waals surface area contributed by atoms with Crippen LogP contribution in [0.1, 0.15) is 41.7 Å². The predicted octanol–water partition coefficient (Wildman–Crippen LogP) is 3.26. The average molecular weight is 382 g/mol. The molecule has 2 aromatic carbocycles. The lowest BCUT2D eigenvalue weighted by Gasteiger charge is -2.31. The van der Waals surface area contributed by atoms with Gasteiger partial charge in [0.15, 0.2) is 0 Å². The Labute approximate surface area is 164 Å². The summed E-state index contributed by atoms with van der Waals surface area (Å²) in [5.74, 6) is 0.266. The highest BCUT2D eigenvalue weighted by atomic mass is 16.6. The van der Waals surface area contributed by atoms with Crippen LogP contribution in [-0.2, 0) is 0 Å². The fourth-order valence-corrected chi connectivity index (χ4v) is 3.45. The van der Waals surface area contributed by atoms with Crippen LogP contribution in [0.15, 0.2) is 48.5 Å². The number of carbonyl (C=O) groups is 1. The van der Waals surface area contributed by atoms with Gasteiger partial charge < -0.3 is 16.0 Å². The van der Waals surface area contributed by atoms with Crippen molar-refractivity contribution >= 4 is 17.3 Å². The second kappa shape index (κ2) is 8.84. The van der Waals surface area contributed by atoms with E-state index in [-0.39, 0.29) is 29.7 Å². The van der Waals surface area contributed by atoms with Crippen molar-refractivity contribution in [3.05, 3.63) is 69.8 Å². The van der Waals surface area contributed by atoms with E-state index in [2.05, 4.69) is 12.2 Å². The Balaban J connectivity index is 1.70. The van der Waals surface area contributed by atoms with Crippen molar-refractivity contribution in [1.82, 2.24) is 5.32 Å². The minimum atomic E-state index is -0.417. The minimum Gasteiger partial charge on any atom is -0.366 e. The van der Waals surface area contributed by atoms with Gasteiger partial charge in [0.1, 0.15) is 5.69 Å². The first-order valence-corrected chi connectivity index (χ1v) is 9.58. The van der Waals surface area contributed by atoms with E-state index in [1.54, 1.807) is 12.1 Å². The van der Waals surface area contributed by atoms with Crippen molar-refractivity contribution in [1.29, 1.82) is 0 Å². The number of amides is 1. The number of nitro benzene ring substituents is 1. The van der Waals surface area contributed by atoms with Gasteiger partial charge in [0.2, 0.25) is 0 Å². The lowest BCUT2D eigenvalue weighted by atomic mass is 9.98. The van der Waals surface area contributed by atoms with Gasteiger partial charge in [-0.1, -0.05) is 37.3 Å². The zero-order valence-corrected chi connectivity index (χ0v) is 16.0. The van der Waals surface area contributed by atoms with Gasteiger partial charge in [-0.15, -0.1) is 0 Å². The number of hydrogen-bond donors (Lipinski definition) is 2. The molecule has 1 aliphatic heterocycles. The maximum atomic E-state index is 12.5. The molecule has 3 rings (SSSR count). The monoisotopic (exact) mass is 382 g/mol. The van der Waals surface area contributed by atoms with Crippen molar-refractivity contribution in [3.8, 4) is 0 Å². The van der Waals surface area contributed by atoms with E-state index >= 15 is 0 Å². The maximum absolute atomic E-state index is 12.5. The summed E-state index contributed by atoms with van der Waals surface area (Å²) in [7, 11) is 0. The molecule has 1 saturated heterocycles. The van der Waals surface area contributed by atoms with Crippen molar-refractivity contribution in [3.63, 3.8) is 0 Å². The van der Waals surface area contributed by atoms with Crippen LogP contribution in [0.4, 0.5) is 11.4 Å². The van der Waals surface area contributed by atoms with E-state index in [1.165, 1.54) is 6.07 Å². The van der Waals surface area contributed by atoms with Crippen LogP contribution in [0, 0.1) is 16.0 Å². The quantitative estimate of drug-likeness (QED) is 0.590. The first kappa shape index (κ1) is 19.8. The van der Waals surface area contributed by atoms with Gasteiger partial charge in [-0.3, -0.25) is 14.9 Å². The number of benzene rings is 2. The molecule has 28 heavy (non-hydrogen) atoms. The molecule has 0 aliphatic carbocycles. The summed E-state index contributed by atoms with van der Waals surface area (Å²) >= 11 is 0. The largest absolute Gasteiger partial charge is 0.366 e. The third-order valence-corrected chi connectivity index (χ3v) is 5.27. The predicted molar refractivity (Wildman–Crippen MR) is 109 cm³/mol. The van der Waals surface area contributed by atoms with Gasteiger partial charge >= 0.3 is 0 Å². The summed E-state index contributed by atoms with van der Waals surface area (Å²) in [6, 6.07) is 13.8. The van der Waals surface area contributed by atoms with Crippen molar-refractivity contribution in [2.45, 2.75) is 25.8 Å². The molecule has 0 aromatic heterocycles. The average Bonchev–Trinajstić information content (AvgIpc) is 2.72. The highest BCUT2D eigenvalue weighted by Crippen LogP contribution is 2.32. The Kier molecular flexibility index (Phi) is 6.26. The highest BCUT2D eigenvalue weighted by Gasteiger charge is 2.24. The fraction of sp³-hybridized carbons (Fsp3) is 0.381. The molecule has 2 aromatic rings. The summed E-state index contributed by atoms with van der Waals surface area (Å²) < 4.78 is 0. The van der Waals surface area contributed by atoms with E-state index in [0.717, 1.165) is 31.5 Å². The molecule has 3 N–H and O–H groups in total. The number of anilines is 1. The smallest absolute Gasteiger partial charge is 0.293 e. The molecule has 1 aliphatic rings. The van der Waals surface area contributed by atoms with Gasteiger partial charge in [0, 0.05) is 37.3 Å². The zero-order chi connectivity index (χ0) is 20.1. The number of rotatable bonds is 6. The molecule has 1 amide bonds. The van der Waals surface area contributed by atoms with Gasteiger partial charge in [0.05, 0.1) is 4.92 Å². The van der Waals surface area contributed by atoms with Crippen LogP contribution in [0.3, 0.4) is 0 Å². The minimum absolute atomic E-state index is 0.0328. The molecular formula is C21H26N4O3. The fourth-order valence-electron chi connectivity index (χ4n) is 3.45. The molecule has 148 valence electrons. The number of nitrogens with two attached hydrogens (primary N) is 1. The van der Waals surface area contributed by atoms with E-state index in [0.29, 0.717) is 11.6 Å². The Hall–Kier alpha value is -2.93. The van der Waals surface area contributed by atoms with Gasteiger partial charge in [-0.2, -0.15) is 0 Å². The molecule has 1 heterocycles. The third-order valence-electron chi connectivity index (χ3n) is 5.27. The Morgan fingerprint density at radius 1 is 1.25 bits per heavy atom. The summed E-state index contributed by atoms with van der Waals surface area (Å²) in [6.45, 7) is 4.03. The number of piperidine rings is 1. The molecular weight excluding hydrogens is 356 g/mol. The summed E-state index contributed by atoms with van der Waals surface area (Å²) in [5.41, 5.74) is 7.83. The Morgan fingerprint density at radius 3 is 2.57 bits per heavy atom. The Morgan fingerprint density at radius 2 is 1.93 bits per heavy atom. The maximum Gasteiger partial charge on any atom is 0.293 e. The summed E-state index contributed by atoms with van der Waals surface area (Å²) in [5, 5.41) is 14.3. The van der Waals surface area contributed by atoms with Crippen molar-refractivity contribution < 1.29 is 9.72 Å². The Bertz CT molecular complexity index is 833. The third kappa shape index (κ3) is 4.67. The lowest BCUT2D eigenvalue weighted by Crippen LogP contribution is -2.33. The lowest BCUT2D eigenvalue weighted by molar-refractivity contribution is -0.384. The van der Waals surface area contributed by atoms with Gasteiger partial charge in [-0.05, 0) is 36.5 Å². The molecule has 1 unspecified atom stereocenters. The molecule has 0 spiro atoms. The topological polar surface area (TPSA) is 102 Å². The SMILES string of the molecule is CC1CCN(c2ccc(C(=O)NCC(N)c3ccccc3)cc2[N+](=O)[O-])CC1. The van der Waals surface area contributed by atoms with Gasteiger partial charge in [-0.25, -0.2) is 0 Å². The van der Waals surface area contributed by atoms with E-state index in [4.69, 9.17) is 5.73 Å². The second-order valence-electron chi connectivity index (χ2n) is 7.36. The van der Waals surface area contributed by atoms with Crippen LogP contribution in [0.2, 0.25) is 0 Å². The van der Waals surface area contributed by atoms with Crippen LogP contribution in [0.5, 0.6) is 0 Å².